The number of anilines is 2. The van der Waals surface area contributed by atoms with E-state index >= 15 is 0 Å². The number of benzene rings is 1. The van der Waals surface area contributed by atoms with Crippen LogP contribution in [0.25, 0.3) is 0 Å². The van der Waals surface area contributed by atoms with Crippen LogP contribution in [0.15, 0.2) is 18.2 Å². The smallest absolute Gasteiger partial charge is 0.242 e. The number of ether oxygens (including phenoxy) is 1. The number of nitrogens with two attached hydrogens (primary N) is 1. The fourth-order valence-corrected chi connectivity index (χ4v) is 4.34. The molecule has 0 aliphatic heterocycles. The molecule has 2 N–H and O–H groups in total. The van der Waals surface area contributed by atoms with Gasteiger partial charge >= 0.3 is 0 Å². The summed E-state index contributed by atoms with van der Waals surface area (Å²) in [7, 11) is 0. The van der Waals surface area contributed by atoms with Gasteiger partial charge in [0.05, 0.1) is 24.9 Å². The van der Waals surface area contributed by atoms with Crippen LogP contribution in [0.3, 0.4) is 0 Å². The lowest BCUT2D eigenvalue weighted by Crippen LogP contribution is -2.46. The number of unbranched alkanes of at least 4 members (excludes halogenated alkanes) is 4. The second-order valence-electron chi connectivity index (χ2n) is 10.3. The van der Waals surface area contributed by atoms with Gasteiger partial charge in [0.1, 0.15) is 5.75 Å². The summed E-state index contributed by atoms with van der Waals surface area (Å²) in [6, 6.07) is 5.63. The van der Waals surface area contributed by atoms with E-state index in [-0.39, 0.29) is 31.0 Å². The molecule has 38 heavy (non-hydrogen) atoms. The number of hydrogen-bond acceptors (Lipinski definition) is 5. The highest BCUT2D eigenvalue weighted by molar-refractivity contribution is 5.87. The molecule has 0 radical (unpaired) electrons. The topological polar surface area (TPSA) is 79.1 Å². The summed E-state index contributed by atoms with van der Waals surface area (Å²) in [5.41, 5.74) is 7.63. The fourth-order valence-electron chi connectivity index (χ4n) is 4.34. The van der Waals surface area contributed by atoms with Crippen LogP contribution < -0.4 is 15.4 Å². The van der Waals surface area contributed by atoms with Crippen molar-refractivity contribution in [1.82, 2.24) is 9.80 Å². The molecule has 0 heterocycles. The number of carbonyl (C=O) groups is 2. The Morgan fingerprint density at radius 3 is 1.53 bits per heavy atom. The third-order valence-electron chi connectivity index (χ3n) is 7.05. The molecule has 0 saturated carbocycles. The fraction of sp³-hybridized carbons (Fsp3) is 0.742. The Morgan fingerprint density at radius 1 is 0.737 bits per heavy atom. The van der Waals surface area contributed by atoms with Gasteiger partial charge in [0.2, 0.25) is 11.8 Å². The predicted octanol–water partition coefficient (Wildman–Crippen LogP) is 6.50. The molecule has 2 amide bonds. The van der Waals surface area contributed by atoms with E-state index in [1.807, 2.05) is 32.9 Å². The van der Waals surface area contributed by atoms with Crippen LogP contribution in [-0.2, 0) is 9.59 Å². The minimum atomic E-state index is 0.0626. The van der Waals surface area contributed by atoms with Crippen molar-refractivity contribution in [2.75, 3.05) is 49.9 Å². The minimum absolute atomic E-state index is 0.0626. The summed E-state index contributed by atoms with van der Waals surface area (Å²) >= 11 is 0. The van der Waals surface area contributed by atoms with Crippen molar-refractivity contribution in [3.8, 4) is 5.75 Å². The molecular weight excluding hydrogens is 476 g/mol. The summed E-state index contributed by atoms with van der Waals surface area (Å²) in [4.78, 5) is 33.0. The van der Waals surface area contributed by atoms with Crippen LogP contribution >= 0.6 is 0 Å². The highest BCUT2D eigenvalue weighted by Crippen LogP contribution is 2.30. The van der Waals surface area contributed by atoms with Gasteiger partial charge in [0.25, 0.3) is 0 Å². The minimum Gasteiger partial charge on any atom is -0.488 e. The molecule has 0 fully saturated rings. The molecule has 7 heteroatoms. The molecule has 0 unspecified atom stereocenters. The summed E-state index contributed by atoms with van der Waals surface area (Å²) < 4.78 is 6.21. The molecule has 7 nitrogen and oxygen atoms in total. The standard InChI is InChI=1S/C31H56N4O3/c1-7-13-19-33(20-14-8-2)30(36)24-35(25-31(37)34(21-15-9-3)22-16-10-4)26-17-18-28(32)29(23-26)38-27(11-5)12-6/h17-18,23,27H,7-16,19-22,24-25,32H2,1-6H3. The van der Waals surface area contributed by atoms with Crippen molar-refractivity contribution in [1.29, 1.82) is 0 Å². The Morgan fingerprint density at radius 2 is 1.16 bits per heavy atom. The number of amides is 2. The molecule has 0 bridgehead atoms. The first kappa shape index (κ1) is 33.6. The van der Waals surface area contributed by atoms with Crippen LogP contribution in [0.1, 0.15) is 106 Å². The first-order valence-electron chi connectivity index (χ1n) is 15.2. The van der Waals surface area contributed by atoms with Crippen molar-refractivity contribution >= 4 is 23.2 Å². The van der Waals surface area contributed by atoms with Crippen molar-refractivity contribution in [3.05, 3.63) is 18.2 Å². The van der Waals surface area contributed by atoms with E-state index in [4.69, 9.17) is 10.5 Å². The van der Waals surface area contributed by atoms with E-state index in [1.165, 1.54) is 0 Å². The molecule has 0 atom stereocenters. The zero-order valence-corrected chi connectivity index (χ0v) is 25.3. The zero-order valence-electron chi connectivity index (χ0n) is 25.3. The van der Waals surface area contributed by atoms with Gasteiger partial charge in [-0.05, 0) is 50.7 Å². The van der Waals surface area contributed by atoms with Gasteiger partial charge in [-0.1, -0.05) is 67.2 Å². The second-order valence-corrected chi connectivity index (χ2v) is 10.3. The lowest BCUT2D eigenvalue weighted by molar-refractivity contribution is -0.130. The van der Waals surface area contributed by atoms with Crippen LogP contribution in [0, 0.1) is 0 Å². The molecular formula is C31H56N4O3. The predicted molar refractivity (Wildman–Crippen MR) is 161 cm³/mol. The summed E-state index contributed by atoms with van der Waals surface area (Å²) in [5.74, 6) is 0.740. The van der Waals surface area contributed by atoms with Gasteiger partial charge in [-0.2, -0.15) is 0 Å². The number of nitrogen functional groups attached to an aromatic ring is 1. The molecule has 218 valence electrons. The van der Waals surface area contributed by atoms with Gasteiger partial charge in [0.15, 0.2) is 0 Å². The van der Waals surface area contributed by atoms with Gasteiger partial charge in [-0.3, -0.25) is 9.59 Å². The third kappa shape index (κ3) is 12.0. The van der Waals surface area contributed by atoms with E-state index in [1.54, 1.807) is 0 Å². The summed E-state index contributed by atoms with van der Waals surface area (Å²) in [6.45, 7) is 16.1. The monoisotopic (exact) mass is 532 g/mol. The zero-order chi connectivity index (χ0) is 28.3. The molecule has 1 aromatic rings. The molecule has 0 aliphatic carbocycles. The first-order chi connectivity index (χ1) is 18.3. The highest BCUT2D eigenvalue weighted by atomic mass is 16.5. The van der Waals surface area contributed by atoms with E-state index in [0.29, 0.717) is 11.4 Å². The molecule has 0 spiro atoms. The molecule has 0 aromatic heterocycles. The quantitative estimate of drug-likeness (QED) is 0.183. The summed E-state index contributed by atoms with van der Waals surface area (Å²) in [6.07, 6.45) is 9.90. The van der Waals surface area contributed by atoms with Crippen molar-refractivity contribution in [2.24, 2.45) is 0 Å². The largest absolute Gasteiger partial charge is 0.488 e. The Kier molecular flexibility index (Phi) is 17.3. The van der Waals surface area contributed by atoms with E-state index in [0.717, 1.165) is 96.1 Å². The first-order valence-corrected chi connectivity index (χ1v) is 15.2. The van der Waals surface area contributed by atoms with E-state index in [9.17, 15) is 9.59 Å². The molecule has 0 aliphatic rings. The maximum absolute atomic E-state index is 13.6. The van der Waals surface area contributed by atoms with Gasteiger partial charge in [0, 0.05) is 37.9 Å². The Balaban J connectivity index is 3.30. The van der Waals surface area contributed by atoms with Crippen molar-refractivity contribution in [3.63, 3.8) is 0 Å². The maximum atomic E-state index is 13.6. The average Bonchev–Trinajstić information content (AvgIpc) is 2.92. The van der Waals surface area contributed by atoms with Gasteiger partial charge in [-0.15, -0.1) is 0 Å². The SMILES string of the molecule is CCCCN(CCCC)C(=O)CN(CC(=O)N(CCCC)CCCC)c1ccc(N)c(OC(CC)CC)c1. The van der Waals surface area contributed by atoms with Crippen LogP contribution in [0.4, 0.5) is 11.4 Å². The van der Waals surface area contributed by atoms with Crippen LogP contribution in [0.2, 0.25) is 0 Å². The van der Waals surface area contributed by atoms with Crippen molar-refractivity contribution in [2.45, 2.75) is 112 Å². The van der Waals surface area contributed by atoms with E-state index < -0.39 is 0 Å². The summed E-state index contributed by atoms with van der Waals surface area (Å²) in [5, 5.41) is 0. The molecule has 1 aromatic carbocycles. The van der Waals surface area contributed by atoms with Crippen molar-refractivity contribution < 1.29 is 14.3 Å². The lowest BCUT2D eigenvalue weighted by Gasteiger charge is -2.31. The Bertz CT molecular complexity index is 747. The number of rotatable bonds is 21. The highest BCUT2D eigenvalue weighted by Gasteiger charge is 2.23. The number of hydrogen-bond donors (Lipinski definition) is 1. The molecule has 0 saturated heterocycles. The second kappa shape index (κ2) is 19.6. The average molecular weight is 533 g/mol. The number of nitrogens with zero attached hydrogens (tertiary/aromatic N) is 3. The normalized spacial score (nSPS) is 11.0. The Hall–Kier alpha value is -2.44. The van der Waals surface area contributed by atoms with Gasteiger partial charge < -0.3 is 25.2 Å². The van der Waals surface area contributed by atoms with Crippen LogP contribution in [0.5, 0.6) is 5.75 Å². The third-order valence-corrected chi connectivity index (χ3v) is 7.05. The molecule has 1 rings (SSSR count). The van der Waals surface area contributed by atoms with Crippen LogP contribution in [-0.4, -0.2) is 67.0 Å². The Labute approximate surface area is 233 Å². The maximum Gasteiger partial charge on any atom is 0.242 e. The number of carbonyl (C=O) groups excluding carboxylic acids is 2. The van der Waals surface area contributed by atoms with E-state index in [2.05, 4.69) is 41.5 Å². The van der Waals surface area contributed by atoms with Gasteiger partial charge in [-0.25, -0.2) is 0 Å². The lowest BCUT2D eigenvalue weighted by atomic mass is 10.2.